The molecule has 0 fully saturated rings. The van der Waals surface area contributed by atoms with Crippen LogP contribution in [0.3, 0.4) is 0 Å². The summed E-state index contributed by atoms with van der Waals surface area (Å²) in [5, 5.41) is 12.3. The van der Waals surface area contributed by atoms with Gasteiger partial charge in [0.1, 0.15) is 11.3 Å². The average molecular weight is 316 g/mol. The van der Waals surface area contributed by atoms with Crippen molar-refractivity contribution in [2.24, 2.45) is 0 Å². The number of hydrogen-bond acceptors (Lipinski definition) is 3. The van der Waals surface area contributed by atoms with Gasteiger partial charge in [-0.3, -0.25) is 10.1 Å². The number of rotatable bonds is 6. The molecule has 0 aromatic heterocycles. The van der Waals surface area contributed by atoms with Gasteiger partial charge in [-0.15, -0.1) is 0 Å². The molecule has 0 bridgehead atoms. The van der Waals surface area contributed by atoms with Gasteiger partial charge in [0.25, 0.3) is 0 Å². The van der Waals surface area contributed by atoms with Crippen LogP contribution in [0.25, 0.3) is 0 Å². The molecule has 4 nitrogen and oxygen atoms in total. The van der Waals surface area contributed by atoms with Crippen molar-refractivity contribution in [3.63, 3.8) is 0 Å². The van der Waals surface area contributed by atoms with Crippen molar-refractivity contribution in [3.05, 3.63) is 28.2 Å². The molecule has 0 heterocycles. The monoisotopic (exact) mass is 315 g/mol. The van der Waals surface area contributed by atoms with Gasteiger partial charge in [-0.2, -0.15) is 0 Å². The highest BCUT2D eigenvalue weighted by Crippen LogP contribution is 2.23. The molecule has 2 N–H and O–H groups in total. The van der Waals surface area contributed by atoms with E-state index in [-0.39, 0.29) is 0 Å². The van der Waals surface area contributed by atoms with Crippen molar-refractivity contribution >= 4 is 21.9 Å². The van der Waals surface area contributed by atoms with Gasteiger partial charge < -0.3 is 9.84 Å². The van der Waals surface area contributed by atoms with Gasteiger partial charge in [0.15, 0.2) is 0 Å². The number of halogens is 1. The molecule has 1 unspecified atom stereocenters. The molecule has 1 rings (SSSR count). The van der Waals surface area contributed by atoms with E-state index in [4.69, 9.17) is 4.74 Å². The average Bonchev–Trinajstić information content (AvgIpc) is 2.37. The number of benzene rings is 1. The zero-order valence-electron chi connectivity index (χ0n) is 10.8. The molecule has 0 aliphatic heterocycles. The number of ether oxygens (including phenoxy) is 1. The van der Waals surface area contributed by atoms with Crippen LogP contribution in [0, 0.1) is 0 Å². The van der Waals surface area contributed by atoms with Crippen LogP contribution in [-0.2, 0) is 11.3 Å². The molecule has 1 atom stereocenters. The van der Waals surface area contributed by atoms with Gasteiger partial charge in [0, 0.05) is 11.0 Å². The van der Waals surface area contributed by atoms with Crippen molar-refractivity contribution in [1.29, 1.82) is 0 Å². The smallest absolute Gasteiger partial charge is 0.323 e. The van der Waals surface area contributed by atoms with E-state index in [1.165, 1.54) is 0 Å². The topological polar surface area (TPSA) is 58.6 Å². The van der Waals surface area contributed by atoms with Crippen LogP contribution in [0.1, 0.15) is 25.8 Å². The lowest BCUT2D eigenvalue weighted by molar-refractivity contribution is -0.144. The molecule has 0 aliphatic carbocycles. The number of carbonyl (C=O) groups is 1. The van der Waals surface area contributed by atoms with E-state index >= 15 is 0 Å². The van der Waals surface area contributed by atoms with Gasteiger partial charge in [0.05, 0.1) is 7.11 Å². The Morgan fingerprint density at radius 2 is 2.22 bits per heavy atom. The van der Waals surface area contributed by atoms with Crippen molar-refractivity contribution in [1.82, 2.24) is 5.32 Å². The van der Waals surface area contributed by atoms with E-state index in [1.807, 2.05) is 25.1 Å². The lowest BCUT2D eigenvalue weighted by Gasteiger charge is -2.25. The second-order valence-electron chi connectivity index (χ2n) is 4.30. The first kappa shape index (κ1) is 15.0. The third kappa shape index (κ3) is 3.46. The van der Waals surface area contributed by atoms with Crippen LogP contribution in [-0.4, -0.2) is 23.7 Å². The summed E-state index contributed by atoms with van der Waals surface area (Å²) in [6.45, 7) is 4.00. The third-order valence-electron chi connectivity index (χ3n) is 3.10. The Labute approximate surface area is 115 Å². The summed E-state index contributed by atoms with van der Waals surface area (Å²) in [4.78, 5) is 11.2. The Balaban J connectivity index is 2.82. The number of carboxylic acid groups (broad SMARTS) is 1. The van der Waals surface area contributed by atoms with Crippen LogP contribution < -0.4 is 10.1 Å². The predicted octanol–water partition coefficient (Wildman–Crippen LogP) is 2.80. The van der Waals surface area contributed by atoms with E-state index in [0.717, 1.165) is 15.8 Å². The summed E-state index contributed by atoms with van der Waals surface area (Å²) in [6.07, 6.45) is 0.518. The SMILES string of the molecule is CCC(C)(NCc1cc(OC)ccc1Br)C(=O)O. The Bertz CT molecular complexity index is 436. The Morgan fingerprint density at radius 1 is 1.56 bits per heavy atom. The highest BCUT2D eigenvalue weighted by molar-refractivity contribution is 9.10. The van der Waals surface area contributed by atoms with E-state index in [0.29, 0.717) is 13.0 Å². The zero-order valence-corrected chi connectivity index (χ0v) is 12.4. The Kier molecular flexibility index (Phi) is 5.16. The maximum atomic E-state index is 11.2. The second-order valence-corrected chi connectivity index (χ2v) is 5.16. The van der Waals surface area contributed by atoms with Gasteiger partial charge in [-0.05, 0) is 37.1 Å². The summed E-state index contributed by atoms with van der Waals surface area (Å²) in [5.74, 6) is -0.0902. The Morgan fingerprint density at radius 3 is 2.72 bits per heavy atom. The minimum Gasteiger partial charge on any atom is -0.497 e. The van der Waals surface area contributed by atoms with Crippen LogP contribution >= 0.6 is 15.9 Å². The zero-order chi connectivity index (χ0) is 13.8. The molecule has 0 radical (unpaired) electrons. The normalized spacial score (nSPS) is 14.0. The van der Waals surface area contributed by atoms with E-state index in [2.05, 4.69) is 21.2 Å². The van der Waals surface area contributed by atoms with E-state index in [1.54, 1.807) is 14.0 Å². The highest BCUT2D eigenvalue weighted by atomic mass is 79.9. The summed E-state index contributed by atoms with van der Waals surface area (Å²) in [5.41, 5.74) is 0.0537. The molecular formula is C13H18BrNO3. The number of hydrogen-bond donors (Lipinski definition) is 2. The molecule has 100 valence electrons. The Hall–Kier alpha value is -1.07. The lowest BCUT2D eigenvalue weighted by atomic mass is 9.99. The molecule has 1 aromatic rings. The second kappa shape index (κ2) is 6.20. The lowest BCUT2D eigenvalue weighted by Crippen LogP contribution is -2.48. The van der Waals surface area contributed by atoms with Gasteiger partial charge >= 0.3 is 5.97 Å². The molecule has 5 heteroatoms. The summed E-state index contributed by atoms with van der Waals surface area (Å²) < 4.78 is 6.08. The molecule has 0 saturated carbocycles. The minimum absolute atomic E-state index is 0.467. The maximum absolute atomic E-state index is 11.2. The summed E-state index contributed by atoms with van der Waals surface area (Å²) >= 11 is 3.44. The number of aliphatic carboxylic acids is 1. The van der Waals surface area contributed by atoms with Crippen LogP contribution in [0.4, 0.5) is 0 Å². The predicted molar refractivity (Wildman–Crippen MR) is 73.9 cm³/mol. The number of methoxy groups -OCH3 is 1. The van der Waals surface area contributed by atoms with E-state index in [9.17, 15) is 9.90 Å². The fourth-order valence-electron chi connectivity index (χ4n) is 1.46. The number of nitrogens with one attached hydrogen (secondary N) is 1. The molecule has 0 aliphatic rings. The van der Waals surface area contributed by atoms with Crippen LogP contribution in [0.15, 0.2) is 22.7 Å². The fraction of sp³-hybridized carbons (Fsp3) is 0.462. The molecule has 0 spiro atoms. The van der Waals surface area contributed by atoms with Crippen molar-refractivity contribution in [2.45, 2.75) is 32.4 Å². The van der Waals surface area contributed by atoms with Gasteiger partial charge in [0.2, 0.25) is 0 Å². The molecule has 1 aromatic carbocycles. The quantitative estimate of drug-likeness (QED) is 0.847. The van der Waals surface area contributed by atoms with Gasteiger partial charge in [-0.1, -0.05) is 22.9 Å². The molecule has 0 saturated heterocycles. The first-order valence-electron chi connectivity index (χ1n) is 5.73. The van der Waals surface area contributed by atoms with Gasteiger partial charge in [-0.25, -0.2) is 0 Å². The van der Waals surface area contributed by atoms with Crippen molar-refractivity contribution in [2.75, 3.05) is 7.11 Å². The fourth-order valence-corrected chi connectivity index (χ4v) is 1.84. The van der Waals surface area contributed by atoms with Crippen LogP contribution in [0.5, 0.6) is 5.75 Å². The standard InChI is InChI=1S/C13H18BrNO3/c1-4-13(2,12(16)17)15-8-9-7-10(18-3)5-6-11(9)14/h5-7,15H,4,8H2,1-3H3,(H,16,17). The molecule has 0 amide bonds. The summed E-state index contributed by atoms with van der Waals surface area (Å²) in [7, 11) is 1.61. The largest absolute Gasteiger partial charge is 0.497 e. The number of carboxylic acids is 1. The first-order valence-corrected chi connectivity index (χ1v) is 6.53. The van der Waals surface area contributed by atoms with Crippen molar-refractivity contribution in [3.8, 4) is 5.75 Å². The maximum Gasteiger partial charge on any atom is 0.323 e. The van der Waals surface area contributed by atoms with E-state index < -0.39 is 11.5 Å². The minimum atomic E-state index is -0.914. The highest BCUT2D eigenvalue weighted by Gasteiger charge is 2.30. The first-order chi connectivity index (χ1) is 8.42. The molecular weight excluding hydrogens is 298 g/mol. The summed E-state index contributed by atoms with van der Waals surface area (Å²) in [6, 6.07) is 5.62. The third-order valence-corrected chi connectivity index (χ3v) is 3.87. The van der Waals surface area contributed by atoms with Crippen LogP contribution in [0.2, 0.25) is 0 Å². The van der Waals surface area contributed by atoms with Crippen molar-refractivity contribution < 1.29 is 14.6 Å². The molecule has 18 heavy (non-hydrogen) atoms.